The maximum absolute atomic E-state index is 14.5. The van der Waals surface area contributed by atoms with E-state index in [4.69, 9.17) is 0 Å². The molecule has 3 heteroatoms. The number of fused-ring (bicyclic) bond motifs is 3. The maximum Gasteiger partial charge on any atom is 0.171 e. The average molecular weight is 384 g/mol. The van der Waals surface area contributed by atoms with Gasteiger partial charge in [-0.1, -0.05) is 78.9 Å². The average Bonchev–Trinajstić information content (AvgIpc) is 3.12. The number of benzene rings is 4. The van der Waals surface area contributed by atoms with E-state index in [-0.39, 0.29) is 0 Å². The van der Waals surface area contributed by atoms with Gasteiger partial charge in [0.15, 0.2) is 7.14 Å². The van der Waals surface area contributed by atoms with Gasteiger partial charge in [0.25, 0.3) is 0 Å². The van der Waals surface area contributed by atoms with Gasteiger partial charge in [0.05, 0.1) is 0 Å². The second-order valence-corrected chi connectivity index (χ2v) is 10.4. The molecule has 1 heterocycles. The van der Waals surface area contributed by atoms with Crippen LogP contribution >= 0.6 is 18.5 Å². The van der Waals surface area contributed by atoms with Crippen LogP contribution in [0.3, 0.4) is 0 Å². The molecule has 0 saturated heterocycles. The zero-order valence-electron chi connectivity index (χ0n) is 14.6. The molecule has 1 aromatic heterocycles. The molecule has 0 amide bonds. The van der Waals surface area contributed by atoms with Crippen molar-refractivity contribution in [3.63, 3.8) is 0 Å². The summed E-state index contributed by atoms with van der Waals surface area (Å²) < 4.78 is 17.0. The van der Waals surface area contributed by atoms with Gasteiger partial charge in [0.2, 0.25) is 0 Å². The van der Waals surface area contributed by atoms with E-state index in [1.165, 1.54) is 20.2 Å². The topological polar surface area (TPSA) is 17.1 Å². The van der Waals surface area contributed by atoms with E-state index in [1.54, 1.807) is 11.3 Å². The summed E-state index contributed by atoms with van der Waals surface area (Å²) in [5.41, 5.74) is 0. The number of thiophene rings is 1. The Morgan fingerprint density at radius 3 is 1.74 bits per heavy atom. The molecule has 0 N–H and O–H groups in total. The third kappa shape index (κ3) is 2.65. The molecule has 0 aliphatic heterocycles. The predicted molar refractivity (Wildman–Crippen MR) is 119 cm³/mol. The fraction of sp³-hybridized carbons (Fsp3) is 0. The molecule has 0 saturated carbocycles. The van der Waals surface area contributed by atoms with Crippen molar-refractivity contribution in [2.45, 2.75) is 0 Å². The van der Waals surface area contributed by atoms with Gasteiger partial charge in [-0.05, 0) is 24.3 Å². The molecular weight excluding hydrogens is 367 g/mol. The van der Waals surface area contributed by atoms with Crippen molar-refractivity contribution in [3.05, 3.63) is 103 Å². The lowest BCUT2D eigenvalue weighted by Gasteiger charge is -2.20. The minimum Gasteiger partial charge on any atom is -0.309 e. The summed E-state index contributed by atoms with van der Waals surface area (Å²) in [6.45, 7) is 0. The van der Waals surface area contributed by atoms with E-state index in [0.717, 1.165) is 15.9 Å². The standard InChI is InChI=1S/C24H17OPS/c25-26(18-9-3-1-4-10-18,19-11-5-2-6-12-19)20-15-16-24-22(17-20)21-13-7-8-14-23(21)27-24/h1-17H. The van der Waals surface area contributed by atoms with Crippen LogP contribution in [0.1, 0.15) is 0 Å². The van der Waals surface area contributed by atoms with Gasteiger partial charge in [-0.2, -0.15) is 0 Å². The van der Waals surface area contributed by atoms with Crippen LogP contribution in [-0.4, -0.2) is 0 Å². The summed E-state index contributed by atoms with van der Waals surface area (Å²) in [7, 11) is -2.93. The van der Waals surface area contributed by atoms with Crippen molar-refractivity contribution in [2.24, 2.45) is 0 Å². The Bertz CT molecular complexity index is 1250. The minimum atomic E-state index is -2.93. The SMILES string of the molecule is O=P(c1ccccc1)(c1ccccc1)c1ccc2sc3ccccc3c2c1. The van der Waals surface area contributed by atoms with E-state index >= 15 is 0 Å². The molecule has 0 aliphatic carbocycles. The highest BCUT2D eigenvalue weighted by molar-refractivity contribution is 7.85. The molecule has 4 aromatic carbocycles. The molecule has 0 atom stereocenters. The van der Waals surface area contributed by atoms with Gasteiger partial charge in [0, 0.05) is 36.1 Å². The van der Waals surface area contributed by atoms with Crippen molar-refractivity contribution in [3.8, 4) is 0 Å². The Morgan fingerprint density at radius 1 is 0.519 bits per heavy atom. The monoisotopic (exact) mass is 384 g/mol. The Hall–Kier alpha value is -2.67. The second kappa shape index (κ2) is 6.49. The third-order valence-electron chi connectivity index (χ3n) is 4.96. The lowest BCUT2D eigenvalue weighted by Crippen LogP contribution is -2.24. The number of hydrogen-bond donors (Lipinski definition) is 0. The predicted octanol–water partition coefficient (Wildman–Crippen LogP) is 5.69. The molecule has 27 heavy (non-hydrogen) atoms. The summed E-state index contributed by atoms with van der Waals surface area (Å²) in [5, 5.41) is 5.04. The Labute approximate surface area is 162 Å². The van der Waals surface area contributed by atoms with Gasteiger partial charge in [0.1, 0.15) is 0 Å². The lowest BCUT2D eigenvalue weighted by molar-refractivity contribution is 0.592. The summed E-state index contributed by atoms with van der Waals surface area (Å²) in [6, 6.07) is 34.4. The first-order valence-electron chi connectivity index (χ1n) is 8.90. The summed E-state index contributed by atoms with van der Waals surface area (Å²) in [4.78, 5) is 0. The third-order valence-corrected chi connectivity index (χ3v) is 9.17. The van der Waals surface area contributed by atoms with Crippen molar-refractivity contribution in [1.29, 1.82) is 0 Å². The van der Waals surface area contributed by atoms with E-state index in [2.05, 4.69) is 36.4 Å². The van der Waals surface area contributed by atoms with Gasteiger partial charge < -0.3 is 4.57 Å². The van der Waals surface area contributed by atoms with Crippen LogP contribution in [-0.2, 0) is 4.57 Å². The van der Waals surface area contributed by atoms with Gasteiger partial charge in [-0.15, -0.1) is 11.3 Å². The van der Waals surface area contributed by atoms with E-state index < -0.39 is 7.14 Å². The van der Waals surface area contributed by atoms with E-state index in [0.29, 0.717) is 0 Å². The fourth-order valence-corrected chi connectivity index (χ4v) is 7.39. The first kappa shape index (κ1) is 16.5. The minimum absolute atomic E-state index is 0.870. The van der Waals surface area contributed by atoms with Gasteiger partial charge in [-0.3, -0.25) is 0 Å². The van der Waals surface area contributed by atoms with Crippen LogP contribution in [0.15, 0.2) is 103 Å². The Morgan fingerprint density at radius 2 is 1.07 bits per heavy atom. The smallest absolute Gasteiger partial charge is 0.171 e. The largest absolute Gasteiger partial charge is 0.309 e. The molecule has 1 nitrogen and oxygen atoms in total. The van der Waals surface area contributed by atoms with Crippen LogP contribution in [0.4, 0.5) is 0 Å². The number of rotatable bonds is 3. The van der Waals surface area contributed by atoms with Crippen molar-refractivity contribution >= 4 is 54.6 Å². The Kier molecular flexibility index (Phi) is 3.97. The lowest BCUT2D eigenvalue weighted by atomic mass is 10.1. The normalized spacial score (nSPS) is 11.9. The highest BCUT2D eigenvalue weighted by Gasteiger charge is 2.29. The molecule has 0 aliphatic rings. The highest BCUT2D eigenvalue weighted by Crippen LogP contribution is 2.44. The van der Waals surface area contributed by atoms with Gasteiger partial charge >= 0.3 is 0 Å². The summed E-state index contributed by atoms with van der Waals surface area (Å²) in [5.74, 6) is 0. The van der Waals surface area contributed by atoms with Gasteiger partial charge in [-0.25, -0.2) is 0 Å². The summed E-state index contributed by atoms with van der Waals surface area (Å²) >= 11 is 1.78. The molecule has 0 spiro atoms. The van der Waals surface area contributed by atoms with E-state index in [9.17, 15) is 4.57 Å². The molecular formula is C24H17OPS. The second-order valence-electron chi connectivity index (χ2n) is 6.56. The van der Waals surface area contributed by atoms with E-state index in [1.807, 2.05) is 66.7 Å². The quantitative estimate of drug-likeness (QED) is 0.365. The fourth-order valence-electron chi connectivity index (χ4n) is 3.63. The molecule has 0 unspecified atom stereocenters. The van der Waals surface area contributed by atoms with Crippen LogP contribution in [0.25, 0.3) is 20.2 Å². The zero-order valence-corrected chi connectivity index (χ0v) is 16.3. The molecule has 0 bridgehead atoms. The highest BCUT2D eigenvalue weighted by atomic mass is 32.1. The first-order valence-corrected chi connectivity index (χ1v) is 11.4. The first-order chi connectivity index (χ1) is 13.3. The molecule has 130 valence electrons. The van der Waals surface area contributed by atoms with Crippen molar-refractivity contribution < 1.29 is 4.57 Å². The molecule has 0 fully saturated rings. The molecule has 5 rings (SSSR count). The maximum atomic E-state index is 14.5. The summed E-state index contributed by atoms with van der Waals surface area (Å²) in [6.07, 6.45) is 0. The zero-order chi connectivity index (χ0) is 18.3. The van der Waals surface area contributed by atoms with Crippen LogP contribution in [0.2, 0.25) is 0 Å². The molecule has 0 radical (unpaired) electrons. The van der Waals surface area contributed by atoms with Crippen LogP contribution < -0.4 is 15.9 Å². The van der Waals surface area contributed by atoms with Crippen LogP contribution in [0, 0.1) is 0 Å². The molecule has 5 aromatic rings. The Balaban J connectivity index is 1.82. The van der Waals surface area contributed by atoms with Crippen molar-refractivity contribution in [2.75, 3.05) is 0 Å². The van der Waals surface area contributed by atoms with Crippen molar-refractivity contribution in [1.82, 2.24) is 0 Å². The number of hydrogen-bond acceptors (Lipinski definition) is 2. The van der Waals surface area contributed by atoms with Crippen LogP contribution in [0.5, 0.6) is 0 Å².